The summed E-state index contributed by atoms with van der Waals surface area (Å²) < 4.78 is 10.3. The highest BCUT2D eigenvalue weighted by atomic mass is 16.5. The van der Waals surface area contributed by atoms with E-state index in [1.54, 1.807) is 12.1 Å². The van der Waals surface area contributed by atoms with Crippen molar-refractivity contribution in [3.63, 3.8) is 0 Å². The Labute approximate surface area is 95.4 Å². The molecule has 16 heavy (non-hydrogen) atoms. The third kappa shape index (κ3) is 2.75. The monoisotopic (exact) mass is 220 g/mol. The molecular weight excluding hydrogens is 204 g/mol. The summed E-state index contributed by atoms with van der Waals surface area (Å²) in [7, 11) is 1.38. The zero-order chi connectivity index (χ0) is 11.5. The standard InChI is InChI=1S/C13H16O3/c1-9-5-11(13(14)15-2)7-12(6-9)16-8-10-3-4-10/h5-7,10H,3-4,8H2,1-2H3. The van der Waals surface area contributed by atoms with E-state index >= 15 is 0 Å². The van der Waals surface area contributed by atoms with E-state index in [4.69, 9.17) is 4.74 Å². The van der Waals surface area contributed by atoms with Crippen LogP contribution in [0.1, 0.15) is 28.8 Å². The van der Waals surface area contributed by atoms with Crippen molar-refractivity contribution >= 4 is 5.97 Å². The second-order valence-electron chi connectivity index (χ2n) is 4.28. The lowest BCUT2D eigenvalue weighted by molar-refractivity contribution is 0.0600. The lowest BCUT2D eigenvalue weighted by atomic mass is 10.1. The predicted molar refractivity (Wildman–Crippen MR) is 60.7 cm³/mol. The van der Waals surface area contributed by atoms with E-state index in [2.05, 4.69) is 4.74 Å². The molecule has 1 aromatic rings. The van der Waals surface area contributed by atoms with Gasteiger partial charge < -0.3 is 9.47 Å². The van der Waals surface area contributed by atoms with Crippen LogP contribution in [0, 0.1) is 12.8 Å². The molecule has 0 atom stereocenters. The zero-order valence-electron chi connectivity index (χ0n) is 9.66. The first-order valence-electron chi connectivity index (χ1n) is 5.52. The Morgan fingerprint density at radius 3 is 2.75 bits per heavy atom. The smallest absolute Gasteiger partial charge is 0.337 e. The molecule has 1 saturated carbocycles. The van der Waals surface area contributed by atoms with Gasteiger partial charge >= 0.3 is 5.97 Å². The maximum absolute atomic E-state index is 11.4. The van der Waals surface area contributed by atoms with Gasteiger partial charge in [-0.2, -0.15) is 0 Å². The van der Waals surface area contributed by atoms with E-state index in [0.29, 0.717) is 11.5 Å². The minimum Gasteiger partial charge on any atom is -0.493 e. The molecule has 0 radical (unpaired) electrons. The summed E-state index contributed by atoms with van der Waals surface area (Å²) in [6, 6.07) is 5.48. The third-order valence-corrected chi connectivity index (χ3v) is 2.65. The van der Waals surface area contributed by atoms with Gasteiger partial charge in [-0.15, -0.1) is 0 Å². The van der Waals surface area contributed by atoms with Crippen molar-refractivity contribution in [3.05, 3.63) is 29.3 Å². The van der Waals surface area contributed by atoms with Gasteiger partial charge in [-0.1, -0.05) is 0 Å². The topological polar surface area (TPSA) is 35.5 Å². The molecule has 0 bridgehead atoms. The summed E-state index contributed by atoms with van der Waals surface area (Å²) in [5.74, 6) is 1.15. The van der Waals surface area contributed by atoms with Gasteiger partial charge in [0.1, 0.15) is 5.75 Å². The minimum atomic E-state index is -0.319. The lowest BCUT2D eigenvalue weighted by Gasteiger charge is -2.08. The highest BCUT2D eigenvalue weighted by molar-refractivity contribution is 5.90. The Morgan fingerprint density at radius 1 is 1.38 bits per heavy atom. The van der Waals surface area contributed by atoms with Crippen molar-refractivity contribution in [2.45, 2.75) is 19.8 Å². The second-order valence-corrected chi connectivity index (χ2v) is 4.28. The summed E-state index contributed by atoms with van der Waals surface area (Å²) in [4.78, 5) is 11.4. The van der Waals surface area contributed by atoms with Crippen LogP contribution in [0.15, 0.2) is 18.2 Å². The van der Waals surface area contributed by atoms with Crippen molar-refractivity contribution in [1.29, 1.82) is 0 Å². The molecule has 1 aromatic carbocycles. The molecule has 0 heterocycles. The maximum Gasteiger partial charge on any atom is 0.337 e. The highest BCUT2D eigenvalue weighted by Gasteiger charge is 2.22. The number of hydrogen-bond acceptors (Lipinski definition) is 3. The van der Waals surface area contributed by atoms with Crippen molar-refractivity contribution in [3.8, 4) is 5.75 Å². The Balaban J connectivity index is 2.10. The van der Waals surface area contributed by atoms with Gasteiger partial charge in [0.15, 0.2) is 0 Å². The predicted octanol–water partition coefficient (Wildman–Crippen LogP) is 2.57. The Kier molecular flexibility index (Phi) is 3.13. The fourth-order valence-electron chi connectivity index (χ4n) is 1.57. The number of benzene rings is 1. The van der Waals surface area contributed by atoms with Gasteiger partial charge in [0, 0.05) is 0 Å². The summed E-state index contributed by atoms with van der Waals surface area (Å²) >= 11 is 0. The van der Waals surface area contributed by atoms with Gasteiger partial charge in [0.25, 0.3) is 0 Å². The maximum atomic E-state index is 11.4. The van der Waals surface area contributed by atoms with Crippen LogP contribution in [-0.4, -0.2) is 19.7 Å². The minimum absolute atomic E-state index is 0.319. The zero-order valence-corrected chi connectivity index (χ0v) is 9.66. The SMILES string of the molecule is COC(=O)c1cc(C)cc(OCC2CC2)c1. The van der Waals surface area contributed by atoms with Crippen LogP contribution in [0.3, 0.4) is 0 Å². The van der Waals surface area contributed by atoms with Gasteiger partial charge in [-0.05, 0) is 49.4 Å². The van der Waals surface area contributed by atoms with Gasteiger partial charge in [0.2, 0.25) is 0 Å². The fraction of sp³-hybridized carbons (Fsp3) is 0.462. The van der Waals surface area contributed by atoms with E-state index in [1.165, 1.54) is 20.0 Å². The fourth-order valence-corrected chi connectivity index (χ4v) is 1.57. The van der Waals surface area contributed by atoms with E-state index in [1.807, 2.05) is 13.0 Å². The van der Waals surface area contributed by atoms with Crippen LogP contribution in [0.2, 0.25) is 0 Å². The summed E-state index contributed by atoms with van der Waals surface area (Å²) in [6.07, 6.45) is 2.52. The Morgan fingerprint density at radius 2 is 2.12 bits per heavy atom. The first-order valence-corrected chi connectivity index (χ1v) is 5.52. The van der Waals surface area contributed by atoms with Crippen molar-refractivity contribution in [2.24, 2.45) is 5.92 Å². The summed E-state index contributed by atoms with van der Waals surface area (Å²) in [5, 5.41) is 0. The number of methoxy groups -OCH3 is 1. The summed E-state index contributed by atoms with van der Waals surface area (Å²) in [5.41, 5.74) is 1.56. The van der Waals surface area contributed by atoms with Crippen molar-refractivity contribution < 1.29 is 14.3 Å². The molecule has 0 spiro atoms. The molecule has 1 fully saturated rings. The molecule has 1 aliphatic rings. The highest BCUT2D eigenvalue weighted by Crippen LogP contribution is 2.30. The average molecular weight is 220 g/mol. The van der Waals surface area contributed by atoms with E-state index in [9.17, 15) is 4.79 Å². The number of ether oxygens (including phenoxy) is 2. The van der Waals surface area contributed by atoms with Crippen molar-refractivity contribution in [1.82, 2.24) is 0 Å². The Bertz CT molecular complexity index is 394. The molecule has 0 unspecified atom stereocenters. The third-order valence-electron chi connectivity index (χ3n) is 2.65. The molecule has 0 amide bonds. The molecule has 3 heteroatoms. The van der Waals surface area contributed by atoms with Gasteiger partial charge in [-0.25, -0.2) is 4.79 Å². The normalized spacial score (nSPS) is 14.6. The molecule has 0 N–H and O–H groups in total. The van der Waals surface area contributed by atoms with E-state index in [-0.39, 0.29) is 5.97 Å². The number of rotatable bonds is 4. The van der Waals surface area contributed by atoms with Crippen LogP contribution < -0.4 is 4.74 Å². The van der Waals surface area contributed by atoms with Crippen LogP contribution in [0.5, 0.6) is 5.75 Å². The first-order chi connectivity index (χ1) is 7.69. The van der Waals surface area contributed by atoms with Gasteiger partial charge in [-0.3, -0.25) is 0 Å². The first kappa shape index (κ1) is 11.0. The molecule has 1 aliphatic carbocycles. The quantitative estimate of drug-likeness (QED) is 0.731. The number of carbonyl (C=O) groups is 1. The number of carbonyl (C=O) groups excluding carboxylic acids is 1. The summed E-state index contributed by atoms with van der Waals surface area (Å²) in [6.45, 7) is 2.69. The van der Waals surface area contributed by atoms with Crippen molar-refractivity contribution in [2.75, 3.05) is 13.7 Å². The molecule has 0 saturated heterocycles. The second kappa shape index (κ2) is 4.56. The molecule has 2 rings (SSSR count). The van der Waals surface area contributed by atoms with E-state index < -0.39 is 0 Å². The number of hydrogen-bond donors (Lipinski definition) is 0. The van der Waals surface area contributed by atoms with E-state index in [0.717, 1.165) is 17.9 Å². The Hall–Kier alpha value is -1.51. The molecule has 0 aliphatic heterocycles. The van der Waals surface area contributed by atoms with Gasteiger partial charge in [0.05, 0.1) is 19.3 Å². The lowest BCUT2D eigenvalue weighted by Crippen LogP contribution is -2.04. The van der Waals surface area contributed by atoms with Crippen LogP contribution in [0.4, 0.5) is 0 Å². The van der Waals surface area contributed by atoms with Crippen LogP contribution >= 0.6 is 0 Å². The molecular formula is C13H16O3. The molecule has 3 nitrogen and oxygen atoms in total. The molecule has 0 aromatic heterocycles. The number of esters is 1. The average Bonchev–Trinajstić information content (AvgIpc) is 3.08. The molecule has 86 valence electrons. The largest absolute Gasteiger partial charge is 0.493 e. The van der Waals surface area contributed by atoms with Crippen LogP contribution in [0.25, 0.3) is 0 Å². The number of aryl methyl sites for hydroxylation is 1. The van der Waals surface area contributed by atoms with Crippen LogP contribution in [-0.2, 0) is 4.74 Å².